The van der Waals surface area contributed by atoms with E-state index in [1.54, 1.807) is 11.3 Å². The number of nitrogens with zero attached hydrogens (tertiary/aromatic N) is 1. The van der Waals surface area contributed by atoms with Crippen molar-refractivity contribution in [2.45, 2.75) is 32.7 Å². The highest BCUT2D eigenvalue weighted by Crippen LogP contribution is 2.32. The average Bonchev–Trinajstić information content (AvgIpc) is 3.02. The van der Waals surface area contributed by atoms with E-state index >= 15 is 0 Å². The summed E-state index contributed by atoms with van der Waals surface area (Å²) in [5, 5.41) is 7.90. The molecule has 1 heterocycles. The standard InChI is InChI=1S/C21H27N3O2S/c1-14-7-8-17-18(13-27-19(17)9-14)21(26)22-11-15-5-4-6-16(10-15)23-20(25)12-24(2)3/h4-6,10,13-14H,7-9,11-12H2,1-3H3,(H,22,26)(H,23,25). The number of anilines is 1. The highest BCUT2D eigenvalue weighted by Gasteiger charge is 2.23. The van der Waals surface area contributed by atoms with Crippen molar-refractivity contribution in [1.82, 2.24) is 10.2 Å². The smallest absolute Gasteiger partial charge is 0.252 e. The second-order valence-corrected chi connectivity index (χ2v) is 8.53. The topological polar surface area (TPSA) is 61.4 Å². The fraction of sp³-hybridized carbons (Fsp3) is 0.429. The molecule has 3 rings (SSSR count). The fourth-order valence-corrected chi connectivity index (χ4v) is 4.64. The fourth-order valence-electron chi connectivity index (χ4n) is 3.39. The van der Waals surface area contributed by atoms with Crippen molar-refractivity contribution < 1.29 is 9.59 Å². The van der Waals surface area contributed by atoms with Crippen LogP contribution in [0.1, 0.15) is 39.7 Å². The summed E-state index contributed by atoms with van der Waals surface area (Å²) in [6, 6.07) is 7.60. The van der Waals surface area contributed by atoms with E-state index < -0.39 is 0 Å². The number of fused-ring (bicyclic) bond motifs is 1. The first-order valence-corrected chi connectivity index (χ1v) is 10.2. The number of rotatable bonds is 6. The lowest BCUT2D eigenvalue weighted by Crippen LogP contribution is -2.27. The van der Waals surface area contributed by atoms with Gasteiger partial charge in [0.2, 0.25) is 5.91 Å². The summed E-state index contributed by atoms with van der Waals surface area (Å²) in [6.07, 6.45) is 3.23. The predicted molar refractivity (Wildman–Crippen MR) is 110 cm³/mol. The molecule has 5 nitrogen and oxygen atoms in total. The van der Waals surface area contributed by atoms with E-state index in [4.69, 9.17) is 0 Å². The Morgan fingerprint density at radius 2 is 2.11 bits per heavy atom. The number of benzene rings is 1. The second-order valence-electron chi connectivity index (χ2n) is 7.57. The molecule has 2 amide bonds. The van der Waals surface area contributed by atoms with Crippen LogP contribution in [0.25, 0.3) is 0 Å². The molecule has 0 aliphatic heterocycles. The quantitative estimate of drug-likeness (QED) is 0.802. The molecule has 1 atom stereocenters. The van der Waals surface area contributed by atoms with Gasteiger partial charge in [-0.1, -0.05) is 19.1 Å². The van der Waals surface area contributed by atoms with E-state index in [-0.39, 0.29) is 11.8 Å². The maximum absolute atomic E-state index is 12.6. The van der Waals surface area contributed by atoms with E-state index in [1.807, 2.05) is 48.6 Å². The Morgan fingerprint density at radius 1 is 1.30 bits per heavy atom. The molecule has 1 aromatic carbocycles. The molecule has 144 valence electrons. The van der Waals surface area contributed by atoms with E-state index in [0.29, 0.717) is 19.0 Å². The first-order chi connectivity index (χ1) is 12.9. The number of hydrogen-bond acceptors (Lipinski definition) is 4. The van der Waals surface area contributed by atoms with Crippen LogP contribution in [0.3, 0.4) is 0 Å². The number of nitrogens with one attached hydrogen (secondary N) is 2. The van der Waals surface area contributed by atoms with E-state index in [2.05, 4.69) is 17.6 Å². The lowest BCUT2D eigenvalue weighted by molar-refractivity contribution is -0.116. The molecule has 1 aromatic heterocycles. The number of carbonyl (C=O) groups is 2. The summed E-state index contributed by atoms with van der Waals surface area (Å²) >= 11 is 1.71. The minimum absolute atomic E-state index is 0.0101. The molecule has 6 heteroatoms. The predicted octanol–water partition coefficient (Wildman–Crippen LogP) is 3.30. The van der Waals surface area contributed by atoms with Crippen LogP contribution in [0.4, 0.5) is 5.69 Å². The lowest BCUT2D eigenvalue weighted by atomic mass is 9.88. The summed E-state index contributed by atoms with van der Waals surface area (Å²) in [7, 11) is 3.71. The molecule has 27 heavy (non-hydrogen) atoms. The summed E-state index contributed by atoms with van der Waals surface area (Å²) in [5.74, 6) is 0.641. The van der Waals surface area contributed by atoms with Gasteiger partial charge >= 0.3 is 0 Å². The van der Waals surface area contributed by atoms with E-state index in [9.17, 15) is 9.59 Å². The van der Waals surface area contributed by atoms with Crippen LogP contribution in [-0.4, -0.2) is 37.4 Å². The van der Waals surface area contributed by atoms with E-state index in [0.717, 1.165) is 36.1 Å². The van der Waals surface area contributed by atoms with Crippen molar-refractivity contribution in [3.8, 4) is 0 Å². The molecular weight excluding hydrogens is 358 g/mol. The molecule has 1 aliphatic carbocycles. The van der Waals surface area contributed by atoms with Crippen LogP contribution in [0.2, 0.25) is 0 Å². The Labute approximate surface area is 164 Å². The van der Waals surface area contributed by atoms with Crippen molar-refractivity contribution in [2.24, 2.45) is 5.92 Å². The SMILES string of the molecule is CC1CCc2c(C(=O)NCc3cccc(NC(=O)CN(C)C)c3)csc2C1. The third-order valence-electron chi connectivity index (χ3n) is 4.77. The largest absolute Gasteiger partial charge is 0.348 e. The summed E-state index contributed by atoms with van der Waals surface area (Å²) in [5.41, 5.74) is 3.77. The van der Waals surface area contributed by atoms with E-state index in [1.165, 1.54) is 10.4 Å². The normalized spacial score (nSPS) is 16.1. The second kappa shape index (κ2) is 8.67. The Hall–Kier alpha value is -2.18. The van der Waals surface area contributed by atoms with Crippen LogP contribution in [0.15, 0.2) is 29.6 Å². The van der Waals surface area contributed by atoms with Crippen LogP contribution in [-0.2, 0) is 24.2 Å². The summed E-state index contributed by atoms with van der Waals surface area (Å²) in [4.78, 5) is 27.7. The van der Waals surface area contributed by atoms with Gasteiger partial charge in [-0.25, -0.2) is 0 Å². The summed E-state index contributed by atoms with van der Waals surface area (Å²) in [6.45, 7) is 3.05. The Morgan fingerprint density at radius 3 is 2.89 bits per heavy atom. The molecule has 0 radical (unpaired) electrons. The zero-order valence-corrected chi connectivity index (χ0v) is 17.0. The molecule has 1 unspecified atom stereocenters. The number of likely N-dealkylation sites (N-methyl/N-ethyl adjacent to an activating group) is 1. The first kappa shape index (κ1) is 19.6. The van der Waals surface area contributed by atoms with Crippen molar-refractivity contribution in [3.63, 3.8) is 0 Å². The van der Waals surface area contributed by atoms with Crippen molar-refractivity contribution in [3.05, 3.63) is 51.2 Å². The zero-order valence-electron chi connectivity index (χ0n) is 16.2. The molecule has 1 aliphatic rings. The van der Waals surface area contributed by atoms with Gasteiger partial charge in [-0.2, -0.15) is 0 Å². The van der Waals surface area contributed by atoms with Gasteiger partial charge in [0.1, 0.15) is 0 Å². The number of hydrogen-bond donors (Lipinski definition) is 2. The minimum atomic E-state index is -0.0553. The molecule has 0 saturated carbocycles. The van der Waals surface area contributed by atoms with Gasteiger partial charge in [0.15, 0.2) is 0 Å². The first-order valence-electron chi connectivity index (χ1n) is 9.33. The Kier molecular flexibility index (Phi) is 6.29. The van der Waals surface area contributed by atoms with Crippen molar-refractivity contribution in [1.29, 1.82) is 0 Å². The van der Waals surface area contributed by atoms with Gasteiger partial charge < -0.3 is 15.5 Å². The Balaban J connectivity index is 1.60. The van der Waals surface area contributed by atoms with Crippen LogP contribution in [0, 0.1) is 5.92 Å². The highest BCUT2D eigenvalue weighted by molar-refractivity contribution is 7.10. The molecule has 0 fully saturated rings. The van der Waals surface area contributed by atoms with Gasteiger partial charge in [-0.3, -0.25) is 9.59 Å². The highest BCUT2D eigenvalue weighted by atomic mass is 32.1. The summed E-state index contributed by atoms with van der Waals surface area (Å²) < 4.78 is 0. The third-order valence-corrected chi connectivity index (χ3v) is 5.82. The Bertz CT molecular complexity index is 829. The molecule has 0 spiro atoms. The zero-order chi connectivity index (χ0) is 19.4. The van der Waals surface area contributed by atoms with Crippen LogP contribution in [0.5, 0.6) is 0 Å². The maximum atomic E-state index is 12.6. The van der Waals surface area contributed by atoms with Crippen molar-refractivity contribution >= 4 is 28.8 Å². The van der Waals surface area contributed by atoms with Gasteiger partial charge in [-0.05, 0) is 62.5 Å². The minimum Gasteiger partial charge on any atom is -0.348 e. The average molecular weight is 386 g/mol. The molecule has 0 bridgehead atoms. The van der Waals surface area contributed by atoms with Gasteiger partial charge in [0.25, 0.3) is 5.91 Å². The lowest BCUT2D eigenvalue weighted by Gasteiger charge is -2.18. The monoisotopic (exact) mass is 385 g/mol. The van der Waals surface area contributed by atoms with Crippen molar-refractivity contribution in [2.75, 3.05) is 26.0 Å². The molecular formula is C21H27N3O2S. The number of carbonyl (C=O) groups excluding carboxylic acids is 2. The number of amides is 2. The number of thiophene rings is 1. The molecule has 0 saturated heterocycles. The van der Waals surface area contributed by atoms with Gasteiger partial charge in [0, 0.05) is 22.5 Å². The van der Waals surface area contributed by atoms with Gasteiger partial charge in [-0.15, -0.1) is 11.3 Å². The van der Waals surface area contributed by atoms with Gasteiger partial charge in [0.05, 0.1) is 12.1 Å². The molecule has 2 aromatic rings. The molecule has 2 N–H and O–H groups in total. The third kappa shape index (κ3) is 5.17. The maximum Gasteiger partial charge on any atom is 0.252 e. The van der Waals surface area contributed by atoms with Crippen LogP contribution < -0.4 is 10.6 Å². The van der Waals surface area contributed by atoms with Crippen LogP contribution >= 0.6 is 11.3 Å².